The lowest BCUT2D eigenvalue weighted by Crippen LogP contribution is -2.33. The van der Waals surface area contributed by atoms with Crippen molar-refractivity contribution in [2.24, 2.45) is 5.92 Å². The third-order valence-corrected chi connectivity index (χ3v) is 3.87. The molecule has 2 N–H and O–H groups in total. The number of carbonyl (C=O) groups excluding carboxylic acids is 1. The predicted octanol–water partition coefficient (Wildman–Crippen LogP) is 2.72. The Balaban J connectivity index is 1.67. The van der Waals surface area contributed by atoms with E-state index in [1.54, 1.807) is 18.2 Å². The molecule has 3 rings (SSSR count). The van der Waals surface area contributed by atoms with Crippen molar-refractivity contribution in [2.45, 2.75) is 19.3 Å². The Morgan fingerprint density at radius 2 is 2.23 bits per heavy atom. The second kappa shape index (κ2) is 6.47. The van der Waals surface area contributed by atoms with Crippen LogP contribution in [-0.4, -0.2) is 17.4 Å². The molecule has 2 heterocycles. The molecule has 5 nitrogen and oxygen atoms in total. The molecule has 0 radical (unpaired) electrons. The summed E-state index contributed by atoms with van der Waals surface area (Å²) in [6.07, 6.45) is 8.95. The first-order chi connectivity index (χ1) is 10.7. The normalized spacial score (nSPS) is 17.4. The van der Waals surface area contributed by atoms with Crippen molar-refractivity contribution >= 4 is 5.91 Å². The fourth-order valence-electron chi connectivity index (χ4n) is 2.60. The van der Waals surface area contributed by atoms with Gasteiger partial charge in [-0.25, -0.2) is 0 Å². The number of rotatable bonds is 4. The van der Waals surface area contributed by atoms with E-state index in [9.17, 15) is 9.59 Å². The van der Waals surface area contributed by atoms with Crippen molar-refractivity contribution in [3.63, 3.8) is 0 Å². The van der Waals surface area contributed by atoms with Gasteiger partial charge < -0.3 is 14.7 Å². The molecule has 1 aliphatic carbocycles. The number of carbonyl (C=O) groups is 1. The van der Waals surface area contributed by atoms with Crippen LogP contribution in [0.4, 0.5) is 0 Å². The van der Waals surface area contributed by atoms with Gasteiger partial charge in [0.05, 0.1) is 12.0 Å². The minimum absolute atomic E-state index is 0.127. The Morgan fingerprint density at radius 1 is 1.32 bits per heavy atom. The lowest BCUT2D eigenvalue weighted by atomic mass is 9.94. The lowest BCUT2D eigenvalue weighted by Gasteiger charge is -2.17. The number of allylic oxidation sites excluding steroid dienone is 2. The average molecular weight is 298 g/mol. The van der Waals surface area contributed by atoms with Gasteiger partial charge in [0.1, 0.15) is 11.3 Å². The molecule has 114 valence electrons. The van der Waals surface area contributed by atoms with Gasteiger partial charge in [-0.3, -0.25) is 9.59 Å². The molecular weight excluding hydrogens is 280 g/mol. The van der Waals surface area contributed by atoms with E-state index in [1.807, 2.05) is 0 Å². The summed E-state index contributed by atoms with van der Waals surface area (Å²) in [5, 5.41) is 2.85. The molecule has 0 fully saturated rings. The van der Waals surface area contributed by atoms with Gasteiger partial charge in [-0.15, -0.1) is 0 Å². The fraction of sp³-hybridized carbons (Fsp3) is 0.294. The molecule has 2 aromatic heterocycles. The van der Waals surface area contributed by atoms with E-state index in [0.29, 0.717) is 23.9 Å². The van der Waals surface area contributed by atoms with Gasteiger partial charge in [-0.2, -0.15) is 0 Å². The monoisotopic (exact) mass is 298 g/mol. The zero-order chi connectivity index (χ0) is 15.4. The number of hydrogen-bond donors (Lipinski definition) is 2. The molecule has 0 aromatic carbocycles. The van der Waals surface area contributed by atoms with Crippen LogP contribution < -0.4 is 10.9 Å². The zero-order valence-corrected chi connectivity index (χ0v) is 12.2. The van der Waals surface area contributed by atoms with Crippen molar-refractivity contribution in [3.8, 4) is 11.5 Å². The average Bonchev–Trinajstić information content (AvgIpc) is 3.08. The van der Waals surface area contributed by atoms with Crippen LogP contribution in [0.5, 0.6) is 0 Å². The molecule has 1 atom stereocenters. The quantitative estimate of drug-likeness (QED) is 0.852. The molecule has 0 aliphatic heterocycles. The highest BCUT2D eigenvalue weighted by Gasteiger charge is 2.15. The highest BCUT2D eigenvalue weighted by Crippen LogP contribution is 2.17. The molecular formula is C17H18N2O3. The van der Waals surface area contributed by atoms with Crippen molar-refractivity contribution < 1.29 is 9.21 Å². The molecule has 0 spiro atoms. The molecule has 1 amide bonds. The third-order valence-electron chi connectivity index (χ3n) is 3.87. The number of furan rings is 1. The maximum atomic E-state index is 12.1. The van der Waals surface area contributed by atoms with E-state index < -0.39 is 5.56 Å². The van der Waals surface area contributed by atoms with Crippen molar-refractivity contribution in [1.29, 1.82) is 0 Å². The SMILES string of the molecule is O=C(NCC1CC=CCC1)c1ccc(-c2ccco2)[nH]c1=O. The minimum Gasteiger partial charge on any atom is -0.463 e. The molecule has 2 aromatic rings. The molecule has 0 saturated carbocycles. The van der Waals surface area contributed by atoms with Gasteiger partial charge in [0.15, 0.2) is 0 Å². The molecule has 0 bridgehead atoms. The zero-order valence-electron chi connectivity index (χ0n) is 12.2. The van der Waals surface area contributed by atoms with E-state index in [1.165, 1.54) is 12.3 Å². The van der Waals surface area contributed by atoms with Gasteiger partial charge in [-0.1, -0.05) is 12.2 Å². The Hall–Kier alpha value is -2.56. The van der Waals surface area contributed by atoms with Gasteiger partial charge >= 0.3 is 0 Å². The summed E-state index contributed by atoms with van der Waals surface area (Å²) in [6, 6.07) is 6.71. The third kappa shape index (κ3) is 3.19. The standard InChI is InChI=1S/C17H18N2O3/c20-16(18-11-12-5-2-1-3-6-12)13-8-9-14(19-17(13)21)15-7-4-10-22-15/h1-2,4,7-10,12H,3,5-6,11H2,(H,18,20)(H,19,21). The summed E-state index contributed by atoms with van der Waals surface area (Å²) in [4.78, 5) is 26.9. The first kappa shape index (κ1) is 14.4. The summed E-state index contributed by atoms with van der Waals surface area (Å²) in [5.74, 6) is 0.690. The van der Waals surface area contributed by atoms with E-state index in [0.717, 1.165) is 19.3 Å². The van der Waals surface area contributed by atoms with Crippen LogP contribution in [0.25, 0.3) is 11.5 Å². The van der Waals surface area contributed by atoms with Crippen LogP contribution in [-0.2, 0) is 0 Å². The van der Waals surface area contributed by atoms with Crippen molar-refractivity contribution in [1.82, 2.24) is 10.3 Å². The molecule has 22 heavy (non-hydrogen) atoms. The first-order valence-electron chi connectivity index (χ1n) is 7.44. The smallest absolute Gasteiger partial charge is 0.261 e. The topological polar surface area (TPSA) is 75.1 Å². The number of amides is 1. The van der Waals surface area contributed by atoms with E-state index >= 15 is 0 Å². The number of hydrogen-bond acceptors (Lipinski definition) is 3. The maximum Gasteiger partial charge on any atom is 0.261 e. The van der Waals surface area contributed by atoms with E-state index in [4.69, 9.17) is 4.42 Å². The van der Waals surface area contributed by atoms with Crippen molar-refractivity contribution in [2.75, 3.05) is 6.54 Å². The number of aromatic amines is 1. The Kier molecular flexibility index (Phi) is 4.23. The van der Waals surface area contributed by atoms with Crippen molar-refractivity contribution in [3.05, 3.63) is 58.6 Å². The minimum atomic E-state index is -0.407. The Labute approximate surface area is 128 Å². The van der Waals surface area contributed by atoms with Gasteiger partial charge in [0, 0.05) is 6.54 Å². The first-order valence-corrected chi connectivity index (χ1v) is 7.44. The predicted molar refractivity (Wildman–Crippen MR) is 83.6 cm³/mol. The second-order valence-corrected chi connectivity index (χ2v) is 5.45. The van der Waals surface area contributed by atoms with E-state index in [-0.39, 0.29) is 11.5 Å². The highest BCUT2D eigenvalue weighted by molar-refractivity contribution is 5.94. The largest absolute Gasteiger partial charge is 0.463 e. The summed E-state index contributed by atoms with van der Waals surface area (Å²) in [5.41, 5.74) is 0.278. The van der Waals surface area contributed by atoms with Crippen LogP contribution in [0.2, 0.25) is 0 Å². The van der Waals surface area contributed by atoms with Crippen LogP contribution >= 0.6 is 0 Å². The van der Waals surface area contributed by atoms with Crippen LogP contribution in [0.3, 0.4) is 0 Å². The van der Waals surface area contributed by atoms with Gasteiger partial charge in [0.2, 0.25) is 0 Å². The second-order valence-electron chi connectivity index (χ2n) is 5.45. The van der Waals surface area contributed by atoms with Gasteiger partial charge in [0.25, 0.3) is 11.5 Å². The maximum absolute atomic E-state index is 12.1. The molecule has 1 aliphatic rings. The number of aromatic nitrogens is 1. The summed E-state index contributed by atoms with van der Waals surface area (Å²) in [6.45, 7) is 0.600. The summed E-state index contributed by atoms with van der Waals surface area (Å²) >= 11 is 0. The molecule has 1 unspecified atom stereocenters. The van der Waals surface area contributed by atoms with Gasteiger partial charge in [-0.05, 0) is 49.4 Å². The highest BCUT2D eigenvalue weighted by atomic mass is 16.3. The number of nitrogens with one attached hydrogen (secondary N) is 2. The number of pyridine rings is 1. The van der Waals surface area contributed by atoms with E-state index in [2.05, 4.69) is 22.5 Å². The van der Waals surface area contributed by atoms with Crippen LogP contribution in [0.1, 0.15) is 29.6 Å². The summed E-state index contributed by atoms with van der Waals surface area (Å²) in [7, 11) is 0. The molecule has 0 saturated heterocycles. The Bertz CT molecular complexity index is 729. The van der Waals surface area contributed by atoms with Crippen LogP contribution in [0, 0.1) is 5.92 Å². The molecule has 5 heteroatoms. The summed E-state index contributed by atoms with van der Waals surface area (Å²) < 4.78 is 5.22. The van der Waals surface area contributed by atoms with Crippen LogP contribution in [0.15, 0.2) is 51.9 Å². The lowest BCUT2D eigenvalue weighted by molar-refractivity contribution is 0.0944. The number of H-pyrrole nitrogens is 1. The Morgan fingerprint density at radius 3 is 2.91 bits per heavy atom. The fourth-order valence-corrected chi connectivity index (χ4v) is 2.60.